The number of hydrogen-bond acceptors (Lipinski definition) is 4. The number of carbonyl (C=O) groups excluding carboxylic acids is 2. The fourth-order valence-electron chi connectivity index (χ4n) is 3.32. The summed E-state index contributed by atoms with van der Waals surface area (Å²) in [5.74, 6) is -0.484. The van der Waals surface area contributed by atoms with Gasteiger partial charge in [0.15, 0.2) is 0 Å². The first-order valence-electron chi connectivity index (χ1n) is 9.66. The van der Waals surface area contributed by atoms with Crippen molar-refractivity contribution in [2.24, 2.45) is 0 Å². The number of nitro benzene ring substituents is 1. The molecule has 29 heavy (non-hydrogen) atoms. The Kier molecular flexibility index (Phi) is 6.73. The number of nitrogens with one attached hydrogen (secondary N) is 2. The average Bonchev–Trinajstić information content (AvgIpc) is 2.73. The number of hydrogen-bond donors (Lipinski definition) is 2. The minimum Gasteiger partial charge on any atom is -0.349 e. The highest BCUT2D eigenvalue weighted by molar-refractivity contribution is 6.03. The monoisotopic (exact) mass is 393 g/mol. The summed E-state index contributed by atoms with van der Waals surface area (Å²) in [7, 11) is 0. The Morgan fingerprint density at radius 1 is 1.03 bits per heavy atom. The van der Waals surface area contributed by atoms with E-state index in [1.807, 2.05) is 0 Å². The lowest BCUT2D eigenvalue weighted by Crippen LogP contribution is -2.36. The minimum absolute atomic E-state index is 0.00470. The van der Waals surface area contributed by atoms with Crippen molar-refractivity contribution >= 4 is 29.3 Å². The number of benzene rings is 2. The number of carbonyl (C=O) groups is 2. The molecule has 7 nitrogen and oxygen atoms in total. The molecule has 0 atom stereocenters. The molecule has 1 saturated carbocycles. The molecule has 2 amide bonds. The lowest BCUT2D eigenvalue weighted by Gasteiger charge is -2.22. The van der Waals surface area contributed by atoms with Crippen molar-refractivity contribution in [1.29, 1.82) is 0 Å². The second kappa shape index (κ2) is 9.64. The molecule has 2 aromatic rings. The van der Waals surface area contributed by atoms with Crippen molar-refractivity contribution in [2.75, 3.05) is 5.32 Å². The Morgan fingerprint density at radius 3 is 2.45 bits per heavy atom. The summed E-state index contributed by atoms with van der Waals surface area (Å²) in [6.45, 7) is 0. The van der Waals surface area contributed by atoms with Crippen molar-refractivity contribution in [2.45, 2.75) is 38.1 Å². The fourth-order valence-corrected chi connectivity index (χ4v) is 3.32. The lowest BCUT2D eigenvalue weighted by atomic mass is 9.95. The molecule has 0 saturated heterocycles. The van der Waals surface area contributed by atoms with Gasteiger partial charge in [0.05, 0.1) is 4.92 Å². The number of amides is 2. The van der Waals surface area contributed by atoms with Crippen LogP contribution in [0.3, 0.4) is 0 Å². The van der Waals surface area contributed by atoms with Gasteiger partial charge in [-0.2, -0.15) is 0 Å². The minimum atomic E-state index is -0.475. The van der Waals surface area contributed by atoms with E-state index < -0.39 is 4.92 Å². The topological polar surface area (TPSA) is 101 Å². The Balaban J connectivity index is 1.58. The van der Waals surface area contributed by atoms with Crippen molar-refractivity contribution in [3.05, 3.63) is 75.8 Å². The van der Waals surface area contributed by atoms with Gasteiger partial charge in [0.2, 0.25) is 5.91 Å². The van der Waals surface area contributed by atoms with E-state index in [0.717, 1.165) is 25.7 Å². The molecule has 0 bridgehead atoms. The van der Waals surface area contributed by atoms with Gasteiger partial charge in [0, 0.05) is 35.5 Å². The summed E-state index contributed by atoms with van der Waals surface area (Å²) in [5, 5.41) is 16.5. The highest BCUT2D eigenvalue weighted by atomic mass is 16.6. The van der Waals surface area contributed by atoms with Gasteiger partial charge in [0.25, 0.3) is 11.6 Å². The van der Waals surface area contributed by atoms with Gasteiger partial charge >= 0.3 is 0 Å². The number of anilines is 1. The van der Waals surface area contributed by atoms with E-state index in [2.05, 4.69) is 10.6 Å². The van der Waals surface area contributed by atoms with E-state index in [4.69, 9.17) is 0 Å². The van der Waals surface area contributed by atoms with Crippen molar-refractivity contribution in [3.63, 3.8) is 0 Å². The van der Waals surface area contributed by atoms with Crippen LogP contribution in [0.5, 0.6) is 0 Å². The third kappa shape index (κ3) is 6.00. The van der Waals surface area contributed by atoms with Crippen molar-refractivity contribution in [3.8, 4) is 0 Å². The first-order valence-corrected chi connectivity index (χ1v) is 9.66. The third-order valence-electron chi connectivity index (χ3n) is 4.86. The SMILES string of the molecule is O=C(/C=C/c1ccc([N+](=O)[O-])cc1)Nc1cccc(C(=O)NC2CCCCC2)c1. The summed E-state index contributed by atoms with van der Waals surface area (Å²) < 4.78 is 0. The maximum Gasteiger partial charge on any atom is 0.269 e. The van der Waals surface area contributed by atoms with Crippen LogP contribution in [0.2, 0.25) is 0 Å². The largest absolute Gasteiger partial charge is 0.349 e. The fraction of sp³-hybridized carbons (Fsp3) is 0.273. The maximum atomic E-state index is 12.5. The Bertz CT molecular complexity index is 916. The average molecular weight is 393 g/mol. The summed E-state index contributed by atoms with van der Waals surface area (Å²) in [6.07, 6.45) is 8.44. The Morgan fingerprint density at radius 2 is 1.76 bits per heavy atom. The van der Waals surface area contributed by atoms with Crippen LogP contribution in [0.15, 0.2) is 54.6 Å². The number of nitrogens with zero attached hydrogens (tertiary/aromatic N) is 1. The highest BCUT2D eigenvalue weighted by Crippen LogP contribution is 2.19. The van der Waals surface area contributed by atoms with Gasteiger partial charge in [-0.25, -0.2) is 0 Å². The van der Waals surface area contributed by atoms with Crippen LogP contribution < -0.4 is 10.6 Å². The molecule has 1 aliphatic carbocycles. The van der Waals surface area contributed by atoms with Crippen molar-refractivity contribution < 1.29 is 14.5 Å². The van der Waals surface area contributed by atoms with E-state index >= 15 is 0 Å². The smallest absolute Gasteiger partial charge is 0.269 e. The molecule has 3 rings (SSSR count). The zero-order valence-electron chi connectivity index (χ0n) is 16.0. The molecule has 1 fully saturated rings. The van der Waals surface area contributed by atoms with Crippen LogP contribution in [0, 0.1) is 10.1 Å². The predicted octanol–water partition coefficient (Wildman–Crippen LogP) is 4.31. The second-order valence-corrected chi connectivity index (χ2v) is 7.06. The quantitative estimate of drug-likeness (QED) is 0.434. The molecular formula is C22H23N3O4. The van der Waals surface area contributed by atoms with E-state index in [9.17, 15) is 19.7 Å². The van der Waals surface area contributed by atoms with Gasteiger partial charge < -0.3 is 10.6 Å². The molecule has 7 heteroatoms. The van der Waals surface area contributed by atoms with Gasteiger partial charge in [-0.1, -0.05) is 25.3 Å². The number of rotatable bonds is 6. The van der Waals surface area contributed by atoms with E-state index in [-0.39, 0.29) is 23.5 Å². The van der Waals surface area contributed by atoms with Crippen LogP contribution >= 0.6 is 0 Å². The highest BCUT2D eigenvalue weighted by Gasteiger charge is 2.16. The predicted molar refractivity (Wildman–Crippen MR) is 112 cm³/mol. The lowest BCUT2D eigenvalue weighted by molar-refractivity contribution is -0.384. The van der Waals surface area contributed by atoms with E-state index in [1.165, 1.54) is 24.6 Å². The van der Waals surface area contributed by atoms with Crippen molar-refractivity contribution in [1.82, 2.24) is 5.32 Å². The second-order valence-electron chi connectivity index (χ2n) is 7.06. The molecule has 2 aromatic carbocycles. The Labute approximate surface area is 169 Å². The molecule has 0 unspecified atom stereocenters. The summed E-state index contributed by atoms with van der Waals surface area (Å²) >= 11 is 0. The van der Waals surface area contributed by atoms with Crippen LogP contribution in [0.25, 0.3) is 6.08 Å². The van der Waals surface area contributed by atoms with Crippen LogP contribution in [-0.2, 0) is 4.79 Å². The standard InChI is InChI=1S/C22H23N3O4/c26-21(14-11-16-9-12-20(13-10-16)25(28)29)23-19-8-4-5-17(15-19)22(27)24-18-6-2-1-3-7-18/h4-5,8-15,18H,1-3,6-7H2,(H,23,26)(H,24,27)/b14-11+. The molecule has 0 aromatic heterocycles. The molecule has 2 N–H and O–H groups in total. The number of nitro groups is 1. The van der Waals surface area contributed by atoms with Gasteiger partial charge in [-0.3, -0.25) is 19.7 Å². The molecular weight excluding hydrogens is 370 g/mol. The van der Waals surface area contributed by atoms with Crippen LogP contribution in [-0.4, -0.2) is 22.8 Å². The normalized spacial score (nSPS) is 14.5. The molecule has 0 radical (unpaired) electrons. The van der Waals surface area contributed by atoms with Crippen LogP contribution in [0.4, 0.5) is 11.4 Å². The van der Waals surface area contributed by atoms with Gasteiger partial charge in [-0.05, 0) is 54.8 Å². The summed E-state index contributed by atoms with van der Waals surface area (Å²) in [5.41, 5.74) is 1.70. The third-order valence-corrected chi connectivity index (χ3v) is 4.86. The first kappa shape index (κ1) is 20.3. The summed E-state index contributed by atoms with van der Waals surface area (Å²) in [6, 6.07) is 12.9. The Hall–Kier alpha value is -3.48. The van der Waals surface area contributed by atoms with E-state index in [0.29, 0.717) is 16.8 Å². The summed E-state index contributed by atoms with van der Waals surface area (Å²) in [4.78, 5) is 34.8. The van der Waals surface area contributed by atoms with Gasteiger partial charge in [0.1, 0.15) is 0 Å². The van der Waals surface area contributed by atoms with Crippen LogP contribution in [0.1, 0.15) is 48.0 Å². The molecule has 0 aliphatic heterocycles. The first-order chi connectivity index (χ1) is 14.0. The molecule has 0 spiro atoms. The van der Waals surface area contributed by atoms with Gasteiger partial charge in [-0.15, -0.1) is 0 Å². The molecule has 150 valence electrons. The zero-order valence-corrected chi connectivity index (χ0v) is 16.0. The maximum absolute atomic E-state index is 12.5. The zero-order chi connectivity index (χ0) is 20.6. The molecule has 0 heterocycles. The molecule has 1 aliphatic rings. The number of non-ortho nitro benzene ring substituents is 1. The van der Waals surface area contributed by atoms with E-state index in [1.54, 1.807) is 42.5 Å².